The highest BCUT2D eigenvalue weighted by Crippen LogP contribution is 2.18. The summed E-state index contributed by atoms with van der Waals surface area (Å²) in [6, 6.07) is 12.3. The summed E-state index contributed by atoms with van der Waals surface area (Å²) in [5.41, 5.74) is 3.25. The molecule has 2 N–H and O–H groups in total. The van der Waals surface area contributed by atoms with Crippen LogP contribution in [0, 0.1) is 0 Å². The van der Waals surface area contributed by atoms with Gasteiger partial charge in [0.1, 0.15) is 0 Å². The van der Waals surface area contributed by atoms with Crippen molar-refractivity contribution in [3.05, 3.63) is 42.1 Å². The molecular formula is C19H27N5O. The lowest BCUT2D eigenvalue weighted by molar-refractivity contribution is -0.122. The zero-order valence-corrected chi connectivity index (χ0v) is 14.9. The maximum absolute atomic E-state index is 11.8. The number of hydrogen-bond donors (Lipinski definition) is 2. The van der Waals surface area contributed by atoms with Gasteiger partial charge in [0.25, 0.3) is 0 Å². The number of carbonyl (C=O) groups excluding carboxylic acids is 1. The van der Waals surface area contributed by atoms with E-state index in [0.717, 1.165) is 62.6 Å². The number of amides is 1. The molecule has 1 amide bonds. The number of H-pyrrole nitrogens is 1. The molecule has 134 valence electrons. The molecule has 1 aromatic carbocycles. The van der Waals surface area contributed by atoms with Crippen LogP contribution in [-0.4, -0.2) is 65.2 Å². The second-order valence-corrected chi connectivity index (χ2v) is 6.55. The van der Waals surface area contributed by atoms with Crippen molar-refractivity contribution in [2.45, 2.75) is 19.9 Å². The lowest BCUT2D eigenvalue weighted by Crippen LogP contribution is -2.49. The quantitative estimate of drug-likeness (QED) is 0.805. The van der Waals surface area contributed by atoms with E-state index in [-0.39, 0.29) is 5.91 Å². The van der Waals surface area contributed by atoms with Crippen LogP contribution in [0.1, 0.15) is 19.0 Å². The van der Waals surface area contributed by atoms with Gasteiger partial charge in [0.15, 0.2) is 0 Å². The Hall–Kier alpha value is -2.18. The Morgan fingerprint density at radius 3 is 2.60 bits per heavy atom. The maximum atomic E-state index is 11.8. The molecule has 0 spiro atoms. The summed E-state index contributed by atoms with van der Waals surface area (Å²) in [6.45, 7) is 8.02. The van der Waals surface area contributed by atoms with Crippen LogP contribution < -0.4 is 5.32 Å². The van der Waals surface area contributed by atoms with E-state index in [2.05, 4.69) is 50.4 Å². The Bertz CT molecular complexity index is 661. The third kappa shape index (κ3) is 5.14. The fourth-order valence-corrected chi connectivity index (χ4v) is 3.07. The number of aromatic nitrogens is 2. The first kappa shape index (κ1) is 17.6. The van der Waals surface area contributed by atoms with E-state index in [0.29, 0.717) is 6.54 Å². The Morgan fingerprint density at radius 2 is 1.88 bits per heavy atom. The largest absolute Gasteiger partial charge is 0.355 e. The number of nitrogens with zero attached hydrogens (tertiary/aromatic N) is 3. The highest BCUT2D eigenvalue weighted by atomic mass is 16.2. The summed E-state index contributed by atoms with van der Waals surface area (Å²) < 4.78 is 0. The van der Waals surface area contributed by atoms with Gasteiger partial charge in [-0.2, -0.15) is 5.10 Å². The van der Waals surface area contributed by atoms with Gasteiger partial charge in [0.2, 0.25) is 5.91 Å². The molecule has 0 aliphatic carbocycles. The molecule has 2 heterocycles. The molecule has 1 saturated heterocycles. The molecule has 1 fully saturated rings. The normalized spacial score (nSPS) is 16.0. The predicted molar refractivity (Wildman–Crippen MR) is 99.0 cm³/mol. The van der Waals surface area contributed by atoms with Crippen molar-refractivity contribution in [2.75, 3.05) is 39.3 Å². The molecule has 0 atom stereocenters. The van der Waals surface area contributed by atoms with Crippen LogP contribution in [0.25, 0.3) is 11.3 Å². The minimum absolute atomic E-state index is 0.136. The molecule has 0 unspecified atom stereocenters. The molecule has 1 aliphatic heterocycles. The average molecular weight is 341 g/mol. The van der Waals surface area contributed by atoms with Crippen LogP contribution >= 0.6 is 0 Å². The second-order valence-electron chi connectivity index (χ2n) is 6.55. The Labute approximate surface area is 149 Å². The van der Waals surface area contributed by atoms with E-state index in [9.17, 15) is 4.79 Å². The van der Waals surface area contributed by atoms with Gasteiger partial charge in [-0.25, -0.2) is 0 Å². The molecule has 1 aromatic heterocycles. The zero-order chi connectivity index (χ0) is 17.5. The summed E-state index contributed by atoms with van der Waals surface area (Å²) in [6.07, 6.45) is 0.981. The first-order chi connectivity index (χ1) is 12.2. The second kappa shape index (κ2) is 8.78. The first-order valence-corrected chi connectivity index (χ1v) is 9.05. The number of carbonyl (C=O) groups is 1. The van der Waals surface area contributed by atoms with E-state index in [1.54, 1.807) is 0 Å². The van der Waals surface area contributed by atoms with Crippen LogP contribution in [0.5, 0.6) is 0 Å². The molecule has 3 rings (SSSR count). The third-order valence-electron chi connectivity index (χ3n) is 4.50. The third-order valence-corrected chi connectivity index (χ3v) is 4.50. The molecule has 2 aromatic rings. The summed E-state index contributed by atoms with van der Waals surface area (Å²) in [4.78, 5) is 16.4. The van der Waals surface area contributed by atoms with Crippen molar-refractivity contribution >= 4 is 5.91 Å². The van der Waals surface area contributed by atoms with Gasteiger partial charge in [-0.05, 0) is 12.5 Å². The number of benzene rings is 1. The van der Waals surface area contributed by atoms with Gasteiger partial charge in [-0.1, -0.05) is 37.3 Å². The van der Waals surface area contributed by atoms with Gasteiger partial charge in [0.05, 0.1) is 12.2 Å². The average Bonchev–Trinajstić information content (AvgIpc) is 3.11. The van der Waals surface area contributed by atoms with Crippen molar-refractivity contribution in [1.29, 1.82) is 0 Å². The molecule has 1 aliphatic rings. The van der Waals surface area contributed by atoms with Gasteiger partial charge >= 0.3 is 0 Å². The predicted octanol–water partition coefficient (Wildman–Crippen LogP) is 1.72. The Morgan fingerprint density at radius 1 is 1.16 bits per heavy atom. The topological polar surface area (TPSA) is 64.3 Å². The summed E-state index contributed by atoms with van der Waals surface area (Å²) in [5.74, 6) is 0.136. The van der Waals surface area contributed by atoms with Crippen LogP contribution in [0.15, 0.2) is 36.4 Å². The van der Waals surface area contributed by atoms with Crippen LogP contribution in [-0.2, 0) is 11.3 Å². The first-order valence-electron chi connectivity index (χ1n) is 9.05. The molecule has 0 bridgehead atoms. The summed E-state index contributed by atoms with van der Waals surface area (Å²) >= 11 is 0. The van der Waals surface area contributed by atoms with Gasteiger partial charge < -0.3 is 5.32 Å². The van der Waals surface area contributed by atoms with Crippen LogP contribution in [0.4, 0.5) is 0 Å². The van der Waals surface area contributed by atoms with Gasteiger partial charge in [-0.3, -0.25) is 19.7 Å². The fourth-order valence-electron chi connectivity index (χ4n) is 3.07. The Balaban J connectivity index is 1.45. The summed E-state index contributed by atoms with van der Waals surface area (Å²) in [5, 5.41) is 10.5. The fraction of sp³-hybridized carbons (Fsp3) is 0.474. The number of hydrogen-bond acceptors (Lipinski definition) is 4. The van der Waals surface area contributed by atoms with Gasteiger partial charge in [0, 0.05) is 50.5 Å². The lowest BCUT2D eigenvalue weighted by Gasteiger charge is -2.33. The monoisotopic (exact) mass is 341 g/mol. The Kier molecular flexibility index (Phi) is 6.19. The summed E-state index contributed by atoms with van der Waals surface area (Å²) in [7, 11) is 0. The van der Waals surface area contributed by atoms with Crippen molar-refractivity contribution < 1.29 is 4.79 Å². The SMILES string of the molecule is CCCNC(=O)CN1CCN(Cc2cc(-c3ccccc3)n[nH]2)CC1. The van der Waals surface area contributed by atoms with Crippen LogP contribution in [0.2, 0.25) is 0 Å². The van der Waals surface area contributed by atoms with E-state index in [1.165, 1.54) is 0 Å². The minimum Gasteiger partial charge on any atom is -0.355 e. The van der Waals surface area contributed by atoms with Crippen molar-refractivity contribution in [1.82, 2.24) is 25.3 Å². The maximum Gasteiger partial charge on any atom is 0.234 e. The molecular weight excluding hydrogens is 314 g/mol. The molecule has 6 heteroatoms. The highest BCUT2D eigenvalue weighted by Gasteiger charge is 2.19. The van der Waals surface area contributed by atoms with E-state index in [4.69, 9.17) is 0 Å². The number of rotatable bonds is 7. The van der Waals surface area contributed by atoms with E-state index >= 15 is 0 Å². The molecule has 0 radical (unpaired) electrons. The minimum atomic E-state index is 0.136. The molecule has 0 saturated carbocycles. The van der Waals surface area contributed by atoms with E-state index in [1.807, 2.05) is 18.2 Å². The standard InChI is InChI=1S/C19H27N5O/c1-2-8-20-19(25)15-24-11-9-23(10-12-24)14-17-13-18(22-21-17)16-6-4-3-5-7-16/h3-7,13H,2,8-12,14-15H2,1H3,(H,20,25)(H,21,22). The molecule has 6 nitrogen and oxygen atoms in total. The zero-order valence-electron chi connectivity index (χ0n) is 14.9. The van der Waals surface area contributed by atoms with Crippen molar-refractivity contribution in [2.24, 2.45) is 0 Å². The van der Waals surface area contributed by atoms with E-state index < -0.39 is 0 Å². The van der Waals surface area contributed by atoms with Crippen molar-refractivity contribution in [3.8, 4) is 11.3 Å². The number of aromatic amines is 1. The lowest BCUT2D eigenvalue weighted by atomic mass is 10.1. The number of piperazine rings is 1. The van der Waals surface area contributed by atoms with Crippen molar-refractivity contribution in [3.63, 3.8) is 0 Å². The highest BCUT2D eigenvalue weighted by molar-refractivity contribution is 5.77. The smallest absolute Gasteiger partial charge is 0.234 e. The van der Waals surface area contributed by atoms with Gasteiger partial charge in [-0.15, -0.1) is 0 Å². The number of nitrogens with one attached hydrogen (secondary N) is 2. The van der Waals surface area contributed by atoms with Crippen LogP contribution in [0.3, 0.4) is 0 Å². The molecule has 25 heavy (non-hydrogen) atoms.